The molecule has 4 rings (SSSR count). The summed E-state index contributed by atoms with van der Waals surface area (Å²) in [5, 5.41) is 0. The van der Waals surface area contributed by atoms with Gasteiger partial charge in [-0.25, -0.2) is 23.2 Å². The highest BCUT2D eigenvalue weighted by Crippen LogP contribution is 2.25. The molecule has 1 saturated heterocycles. The fraction of sp³-hybridized carbons (Fsp3) is 0.353. The Morgan fingerprint density at radius 1 is 1.26 bits per heavy atom. The van der Waals surface area contributed by atoms with Gasteiger partial charge in [-0.2, -0.15) is 4.31 Å². The van der Waals surface area contributed by atoms with Crippen molar-refractivity contribution in [1.29, 1.82) is 0 Å². The van der Waals surface area contributed by atoms with Crippen LogP contribution in [0.4, 0.5) is 0 Å². The van der Waals surface area contributed by atoms with Gasteiger partial charge in [0.25, 0.3) is 0 Å². The number of hydrogen-bond donors (Lipinski definition) is 0. The first-order valence-corrected chi connectivity index (χ1v) is 9.92. The number of fused-ring (bicyclic) bond motifs is 1. The lowest BCUT2D eigenvalue weighted by atomic mass is 10.1. The molecule has 1 unspecified atom stereocenters. The lowest BCUT2D eigenvalue weighted by molar-refractivity contribution is 0.119. The summed E-state index contributed by atoms with van der Waals surface area (Å²) in [4.78, 5) is 19.8. The molecule has 9 nitrogen and oxygen atoms in total. The van der Waals surface area contributed by atoms with Crippen molar-refractivity contribution in [3.63, 3.8) is 0 Å². The van der Waals surface area contributed by atoms with Crippen molar-refractivity contribution in [2.24, 2.45) is 7.05 Å². The third kappa shape index (κ3) is 3.33. The second-order valence-corrected chi connectivity index (χ2v) is 8.27. The van der Waals surface area contributed by atoms with Gasteiger partial charge in [-0.05, 0) is 37.1 Å². The van der Waals surface area contributed by atoms with Gasteiger partial charge in [-0.15, -0.1) is 0 Å². The molecule has 142 valence electrons. The molecule has 2 aromatic heterocycles. The monoisotopic (exact) mass is 390 g/mol. The molecule has 3 aromatic rings. The van der Waals surface area contributed by atoms with Crippen LogP contribution in [0, 0.1) is 0 Å². The average Bonchev–Trinajstić information content (AvgIpc) is 2.96. The Morgan fingerprint density at radius 3 is 2.81 bits per heavy atom. The average molecular weight is 390 g/mol. The fourth-order valence-corrected chi connectivity index (χ4v) is 4.66. The van der Waals surface area contributed by atoms with Gasteiger partial charge < -0.3 is 9.15 Å². The molecule has 0 radical (unpaired) electrons. The smallest absolute Gasteiger partial charge is 0.419 e. The first-order valence-electron chi connectivity index (χ1n) is 8.48. The highest BCUT2D eigenvalue weighted by molar-refractivity contribution is 7.89. The zero-order chi connectivity index (χ0) is 19.0. The molecule has 1 atom stereocenters. The maximum Gasteiger partial charge on any atom is 0.419 e. The summed E-state index contributed by atoms with van der Waals surface area (Å²) in [5.41, 5.74) is 0.783. The summed E-state index contributed by atoms with van der Waals surface area (Å²) in [6.07, 6.45) is 4.22. The Labute approximate surface area is 155 Å². The van der Waals surface area contributed by atoms with Crippen molar-refractivity contribution in [3.8, 4) is 6.01 Å². The van der Waals surface area contributed by atoms with Gasteiger partial charge in [0.15, 0.2) is 5.58 Å². The minimum atomic E-state index is -3.73. The summed E-state index contributed by atoms with van der Waals surface area (Å²) in [5.74, 6) is -0.533. The van der Waals surface area contributed by atoms with Gasteiger partial charge in [0.05, 0.1) is 17.0 Å². The van der Waals surface area contributed by atoms with Crippen molar-refractivity contribution in [2.45, 2.75) is 23.8 Å². The van der Waals surface area contributed by atoms with E-state index in [1.165, 1.54) is 34.1 Å². The van der Waals surface area contributed by atoms with Crippen molar-refractivity contribution >= 4 is 21.1 Å². The maximum absolute atomic E-state index is 13.1. The van der Waals surface area contributed by atoms with Gasteiger partial charge in [0, 0.05) is 26.0 Å². The predicted molar refractivity (Wildman–Crippen MR) is 95.9 cm³/mol. The molecule has 1 aliphatic rings. The molecule has 0 saturated carbocycles. The Bertz CT molecular complexity index is 1120. The van der Waals surface area contributed by atoms with Crippen LogP contribution < -0.4 is 10.5 Å². The number of aryl methyl sites for hydroxylation is 1. The van der Waals surface area contributed by atoms with E-state index in [1.807, 2.05) is 0 Å². The van der Waals surface area contributed by atoms with E-state index in [-0.39, 0.29) is 23.6 Å². The van der Waals surface area contributed by atoms with Crippen LogP contribution in [-0.2, 0) is 17.1 Å². The standard InChI is InChI=1S/C17H18N4O5S/c1-20-14-10-13(5-6-15(14)26-17(20)22)27(23,24)21-9-2-4-12(11-21)25-16-18-7-3-8-19-16/h3,5-8,10,12H,2,4,9,11H2,1H3. The SMILES string of the molecule is Cn1c(=O)oc2ccc(S(=O)(=O)N3CCCC(Oc4ncccn4)C3)cc21. The molecular weight excluding hydrogens is 372 g/mol. The number of nitrogens with zero attached hydrogens (tertiary/aromatic N) is 4. The third-order valence-electron chi connectivity index (χ3n) is 4.56. The maximum atomic E-state index is 13.1. The third-order valence-corrected chi connectivity index (χ3v) is 6.42. The molecule has 27 heavy (non-hydrogen) atoms. The van der Waals surface area contributed by atoms with Crippen LogP contribution in [0.1, 0.15) is 12.8 Å². The zero-order valence-electron chi connectivity index (χ0n) is 14.6. The Kier molecular flexibility index (Phi) is 4.44. The summed E-state index contributed by atoms with van der Waals surface area (Å²) in [6.45, 7) is 0.614. The number of piperidine rings is 1. The number of aromatic nitrogens is 3. The molecule has 1 fully saturated rings. The summed E-state index contributed by atoms with van der Waals surface area (Å²) in [7, 11) is -2.19. The van der Waals surface area contributed by atoms with E-state index in [0.717, 1.165) is 6.42 Å². The van der Waals surface area contributed by atoms with Gasteiger partial charge in [0.1, 0.15) is 6.10 Å². The number of benzene rings is 1. The van der Waals surface area contributed by atoms with E-state index < -0.39 is 15.8 Å². The van der Waals surface area contributed by atoms with E-state index in [2.05, 4.69) is 9.97 Å². The molecular formula is C17H18N4O5S. The molecule has 10 heteroatoms. The van der Waals surface area contributed by atoms with Crippen LogP contribution in [0.2, 0.25) is 0 Å². The number of oxazole rings is 1. The van der Waals surface area contributed by atoms with Crippen LogP contribution in [-0.4, -0.2) is 46.5 Å². The molecule has 0 bridgehead atoms. The number of sulfonamides is 1. The molecule has 0 aliphatic carbocycles. The van der Waals surface area contributed by atoms with Crippen molar-refractivity contribution < 1.29 is 17.6 Å². The van der Waals surface area contributed by atoms with E-state index in [1.54, 1.807) is 18.5 Å². The Hall–Kier alpha value is -2.72. The summed E-state index contributed by atoms with van der Waals surface area (Å²) < 4.78 is 39.6. The molecule has 1 aliphatic heterocycles. The summed E-state index contributed by atoms with van der Waals surface area (Å²) in [6, 6.07) is 6.33. The first kappa shape index (κ1) is 17.7. The minimum absolute atomic E-state index is 0.114. The second kappa shape index (κ2) is 6.78. The largest absolute Gasteiger partial charge is 0.459 e. The van der Waals surface area contributed by atoms with Crippen molar-refractivity contribution in [1.82, 2.24) is 18.8 Å². The zero-order valence-corrected chi connectivity index (χ0v) is 15.4. The van der Waals surface area contributed by atoms with Crippen LogP contribution in [0.3, 0.4) is 0 Å². The first-order chi connectivity index (χ1) is 12.9. The van der Waals surface area contributed by atoms with Crippen molar-refractivity contribution in [2.75, 3.05) is 13.1 Å². The van der Waals surface area contributed by atoms with Gasteiger partial charge >= 0.3 is 11.8 Å². The minimum Gasteiger partial charge on any atom is -0.459 e. The molecule has 3 heterocycles. The van der Waals surface area contributed by atoms with Crippen molar-refractivity contribution in [3.05, 3.63) is 47.2 Å². The van der Waals surface area contributed by atoms with E-state index in [0.29, 0.717) is 24.1 Å². The van der Waals surface area contributed by atoms with E-state index in [4.69, 9.17) is 9.15 Å². The van der Waals surface area contributed by atoms with E-state index in [9.17, 15) is 13.2 Å². The van der Waals surface area contributed by atoms with Crippen LogP contribution in [0.15, 0.2) is 50.8 Å². The van der Waals surface area contributed by atoms with Gasteiger partial charge in [-0.3, -0.25) is 4.57 Å². The molecule has 0 spiro atoms. The normalized spacial score (nSPS) is 18.6. The van der Waals surface area contributed by atoms with Gasteiger partial charge in [0.2, 0.25) is 10.0 Å². The van der Waals surface area contributed by atoms with E-state index >= 15 is 0 Å². The Morgan fingerprint density at radius 2 is 2.04 bits per heavy atom. The molecule has 0 amide bonds. The topological polar surface area (TPSA) is 108 Å². The molecule has 1 aromatic carbocycles. The predicted octanol–water partition coefficient (Wildman–Crippen LogP) is 1.15. The van der Waals surface area contributed by atoms with Crippen LogP contribution in [0.5, 0.6) is 6.01 Å². The quantitative estimate of drug-likeness (QED) is 0.658. The van der Waals surface area contributed by atoms with Crippen LogP contribution in [0.25, 0.3) is 11.1 Å². The fourth-order valence-electron chi connectivity index (χ4n) is 3.13. The lowest BCUT2D eigenvalue weighted by Crippen LogP contribution is -2.44. The van der Waals surface area contributed by atoms with Gasteiger partial charge in [-0.1, -0.05) is 0 Å². The summed E-state index contributed by atoms with van der Waals surface area (Å²) >= 11 is 0. The molecule has 0 N–H and O–H groups in total. The highest BCUT2D eigenvalue weighted by atomic mass is 32.2. The number of rotatable bonds is 4. The van der Waals surface area contributed by atoms with Crippen LogP contribution >= 0.6 is 0 Å². The number of ether oxygens (including phenoxy) is 1. The second-order valence-electron chi connectivity index (χ2n) is 6.33. The highest BCUT2D eigenvalue weighted by Gasteiger charge is 2.32. The Balaban J connectivity index is 1.59. The lowest BCUT2D eigenvalue weighted by Gasteiger charge is -2.31. The number of hydrogen-bond acceptors (Lipinski definition) is 7.